The quantitative estimate of drug-likeness (QED) is 0.531. The van der Waals surface area contributed by atoms with Crippen LogP contribution < -0.4 is 5.32 Å². The summed E-state index contributed by atoms with van der Waals surface area (Å²) in [5.41, 5.74) is -0.635. The van der Waals surface area contributed by atoms with E-state index in [1.807, 2.05) is 0 Å². The van der Waals surface area contributed by atoms with E-state index >= 15 is 0 Å². The fourth-order valence-electron chi connectivity index (χ4n) is 1.50. The van der Waals surface area contributed by atoms with E-state index in [9.17, 15) is 23.7 Å². The zero-order chi connectivity index (χ0) is 14.7. The van der Waals surface area contributed by atoms with E-state index in [1.165, 1.54) is 6.07 Å². The molecule has 1 amide bonds. The molecule has 0 aliphatic heterocycles. The molecule has 2 aromatic rings. The van der Waals surface area contributed by atoms with Gasteiger partial charge in [0.05, 0.1) is 16.7 Å². The van der Waals surface area contributed by atoms with Crippen molar-refractivity contribution in [3.63, 3.8) is 0 Å². The third kappa shape index (κ3) is 3.10. The summed E-state index contributed by atoms with van der Waals surface area (Å²) in [4.78, 5) is 24.8. The lowest BCUT2D eigenvalue weighted by Gasteiger charge is -2.05. The van der Waals surface area contributed by atoms with Crippen LogP contribution in [0.25, 0.3) is 0 Å². The van der Waals surface area contributed by atoms with Gasteiger partial charge in [0.2, 0.25) is 5.95 Å². The van der Waals surface area contributed by atoms with E-state index in [0.29, 0.717) is 0 Å². The predicted molar refractivity (Wildman–Crippen MR) is 65.2 cm³/mol. The number of anilines is 1. The molecule has 20 heavy (non-hydrogen) atoms. The number of hydrogen-bond donors (Lipinski definition) is 1. The van der Waals surface area contributed by atoms with Crippen molar-refractivity contribution in [2.45, 2.75) is 0 Å². The molecule has 2 rings (SSSR count). The Morgan fingerprint density at radius 2 is 2.00 bits per heavy atom. The number of hydrogen-bond acceptors (Lipinski definition) is 4. The molecule has 0 aliphatic rings. The number of pyridine rings is 1. The highest BCUT2D eigenvalue weighted by Gasteiger charge is 2.13. The monoisotopic (exact) mass is 279 g/mol. The molecule has 8 heteroatoms. The van der Waals surface area contributed by atoms with E-state index in [2.05, 4.69) is 10.3 Å². The van der Waals surface area contributed by atoms with Crippen molar-refractivity contribution in [2.75, 3.05) is 5.32 Å². The Morgan fingerprint density at radius 1 is 1.25 bits per heavy atom. The summed E-state index contributed by atoms with van der Waals surface area (Å²) < 4.78 is 26.0. The second-order valence-electron chi connectivity index (χ2n) is 3.78. The second kappa shape index (κ2) is 5.39. The van der Waals surface area contributed by atoms with Crippen molar-refractivity contribution < 1.29 is 18.5 Å². The van der Waals surface area contributed by atoms with Crippen LogP contribution in [-0.4, -0.2) is 15.8 Å². The third-order valence-electron chi connectivity index (χ3n) is 2.34. The minimum atomic E-state index is -0.865. The number of benzene rings is 1. The van der Waals surface area contributed by atoms with Gasteiger partial charge in [-0.2, -0.15) is 4.39 Å². The van der Waals surface area contributed by atoms with Crippen LogP contribution in [0.1, 0.15) is 10.4 Å². The van der Waals surface area contributed by atoms with E-state index in [1.54, 1.807) is 0 Å². The molecule has 0 bridgehead atoms. The van der Waals surface area contributed by atoms with E-state index < -0.39 is 28.3 Å². The lowest BCUT2D eigenvalue weighted by molar-refractivity contribution is -0.385. The minimum Gasteiger partial charge on any atom is -0.322 e. The number of nitrogens with one attached hydrogen (secondary N) is 1. The number of non-ortho nitro benzene ring substituents is 1. The van der Waals surface area contributed by atoms with Gasteiger partial charge < -0.3 is 5.32 Å². The molecular formula is C12H7F2N3O3. The maximum absolute atomic E-state index is 13.2. The fourth-order valence-corrected chi connectivity index (χ4v) is 1.50. The zero-order valence-corrected chi connectivity index (χ0v) is 9.84. The summed E-state index contributed by atoms with van der Waals surface area (Å²) in [6, 6.07) is 4.79. The first-order valence-electron chi connectivity index (χ1n) is 5.33. The van der Waals surface area contributed by atoms with Crippen molar-refractivity contribution in [1.29, 1.82) is 0 Å². The summed E-state index contributed by atoms with van der Waals surface area (Å²) in [5, 5.41) is 12.8. The minimum absolute atomic E-state index is 0.0376. The number of nitro groups is 1. The largest absolute Gasteiger partial charge is 0.322 e. The van der Waals surface area contributed by atoms with Crippen LogP contribution in [0.5, 0.6) is 0 Å². The van der Waals surface area contributed by atoms with Gasteiger partial charge in [-0.3, -0.25) is 14.9 Å². The smallest absolute Gasteiger partial charge is 0.274 e. The number of amides is 1. The topological polar surface area (TPSA) is 85.1 Å². The maximum Gasteiger partial charge on any atom is 0.274 e. The molecule has 0 atom stereocenters. The normalized spacial score (nSPS) is 10.1. The lowest BCUT2D eigenvalue weighted by Crippen LogP contribution is -2.12. The van der Waals surface area contributed by atoms with E-state index in [4.69, 9.17) is 0 Å². The molecule has 1 N–H and O–H groups in total. The van der Waals surface area contributed by atoms with Gasteiger partial charge in [0.15, 0.2) is 0 Å². The highest BCUT2D eigenvalue weighted by Crippen LogP contribution is 2.20. The number of nitro benzene ring substituents is 1. The number of carbonyl (C=O) groups is 1. The molecule has 0 spiro atoms. The van der Waals surface area contributed by atoms with Crippen LogP contribution >= 0.6 is 0 Å². The van der Waals surface area contributed by atoms with Crippen LogP contribution in [0.4, 0.5) is 20.2 Å². The van der Waals surface area contributed by atoms with Crippen molar-refractivity contribution in [2.24, 2.45) is 0 Å². The molecule has 102 valence electrons. The second-order valence-corrected chi connectivity index (χ2v) is 3.78. The number of nitrogens with zero attached hydrogens (tertiary/aromatic N) is 2. The van der Waals surface area contributed by atoms with Gasteiger partial charge >= 0.3 is 0 Å². The average Bonchev–Trinajstić information content (AvgIpc) is 2.37. The number of halogens is 2. The molecule has 1 aromatic heterocycles. The van der Waals surface area contributed by atoms with Crippen LogP contribution in [0.2, 0.25) is 0 Å². The Bertz CT molecular complexity index is 691. The molecule has 0 saturated heterocycles. The predicted octanol–water partition coefficient (Wildman–Crippen LogP) is 2.52. The molecule has 6 nitrogen and oxygen atoms in total. The Labute approximate surface area is 111 Å². The molecule has 0 radical (unpaired) electrons. The number of carbonyl (C=O) groups excluding carboxylic acids is 1. The number of aromatic nitrogens is 1. The fraction of sp³-hybridized carbons (Fsp3) is 0. The first-order valence-corrected chi connectivity index (χ1v) is 5.33. The third-order valence-corrected chi connectivity index (χ3v) is 2.34. The van der Waals surface area contributed by atoms with E-state index in [-0.39, 0.29) is 11.3 Å². The Kier molecular flexibility index (Phi) is 3.65. The van der Waals surface area contributed by atoms with Gasteiger partial charge in [-0.15, -0.1) is 0 Å². The van der Waals surface area contributed by atoms with Crippen LogP contribution in [0.15, 0.2) is 36.5 Å². The summed E-state index contributed by atoms with van der Waals surface area (Å²) in [7, 11) is 0. The first kappa shape index (κ1) is 13.5. The number of rotatable bonds is 3. The molecular weight excluding hydrogens is 272 g/mol. The van der Waals surface area contributed by atoms with Crippen LogP contribution in [0, 0.1) is 21.9 Å². The molecule has 0 fully saturated rings. The van der Waals surface area contributed by atoms with Crippen LogP contribution in [-0.2, 0) is 0 Å². The zero-order valence-electron chi connectivity index (χ0n) is 9.84. The summed E-state index contributed by atoms with van der Waals surface area (Å²) in [6.45, 7) is 0. The highest BCUT2D eigenvalue weighted by molar-refractivity contribution is 6.04. The standard InChI is InChI=1S/C12H7F2N3O3/c13-8-4-9(6-10(5-8)17(19)20)16-12(18)7-1-2-15-11(14)3-7/h1-6H,(H,16,18). The van der Waals surface area contributed by atoms with Gasteiger partial charge in [-0.05, 0) is 12.1 Å². The average molecular weight is 279 g/mol. The highest BCUT2D eigenvalue weighted by atomic mass is 19.1. The summed E-state index contributed by atoms with van der Waals surface area (Å²) in [5.74, 6) is -2.44. The first-order chi connectivity index (χ1) is 9.45. The molecule has 1 heterocycles. The Morgan fingerprint density at radius 3 is 2.65 bits per heavy atom. The molecule has 0 unspecified atom stereocenters. The Hall–Kier alpha value is -2.90. The van der Waals surface area contributed by atoms with Gasteiger partial charge in [0.25, 0.3) is 11.6 Å². The van der Waals surface area contributed by atoms with E-state index in [0.717, 1.165) is 30.5 Å². The maximum atomic E-state index is 13.2. The lowest BCUT2D eigenvalue weighted by atomic mass is 10.2. The van der Waals surface area contributed by atoms with Gasteiger partial charge in [0, 0.05) is 23.9 Å². The van der Waals surface area contributed by atoms with Gasteiger partial charge in [-0.1, -0.05) is 0 Å². The summed E-state index contributed by atoms with van der Waals surface area (Å²) in [6.07, 6.45) is 1.10. The van der Waals surface area contributed by atoms with Gasteiger partial charge in [-0.25, -0.2) is 9.37 Å². The van der Waals surface area contributed by atoms with Crippen LogP contribution in [0.3, 0.4) is 0 Å². The molecule has 0 aliphatic carbocycles. The van der Waals surface area contributed by atoms with Crippen molar-refractivity contribution in [3.05, 3.63) is 64.0 Å². The molecule has 0 saturated carbocycles. The SMILES string of the molecule is O=C(Nc1cc(F)cc([N+](=O)[O-])c1)c1ccnc(F)c1. The van der Waals surface area contributed by atoms with Gasteiger partial charge in [0.1, 0.15) is 5.82 Å². The van der Waals surface area contributed by atoms with Crippen molar-refractivity contribution >= 4 is 17.3 Å². The van der Waals surface area contributed by atoms with Crippen molar-refractivity contribution in [3.8, 4) is 0 Å². The molecule has 1 aromatic carbocycles. The summed E-state index contributed by atoms with van der Waals surface area (Å²) >= 11 is 0. The Balaban J connectivity index is 2.26. The van der Waals surface area contributed by atoms with Crippen molar-refractivity contribution in [1.82, 2.24) is 4.98 Å².